The zero-order valence-corrected chi connectivity index (χ0v) is 14.5. The minimum absolute atomic E-state index is 0.483. The van der Waals surface area contributed by atoms with E-state index in [1.165, 1.54) is 0 Å². The van der Waals surface area contributed by atoms with Crippen LogP contribution in [0.3, 0.4) is 0 Å². The van der Waals surface area contributed by atoms with Crippen molar-refractivity contribution in [3.05, 3.63) is 0 Å². The van der Waals surface area contributed by atoms with Crippen LogP contribution in [0.15, 0.2) is 0 Å². The number of rotatable bonds is 4. The number of nitrogens with one attached hydrogen (secondary N) is 1. The molecule has 5 aliphatic carbocycles. The summed E-state index contributed by atoms with van der Waals surface area (Å²) < 4.78 is 52.2. The average Bonchev–Trinajstić information content (AvgIpc) is 2.89. The van der Waals surface area contributed by atoms with Crippen molar-refractivity contribution in [1.29, 1.82) is 0 Å². The molecule has 126 valence electrons. The van der Waals surface area contributed by atoms with Gasteiger partial charge in [0, 0.05) is 0 Å². The smallest absolute Gasteiger partial charge is 0.211 e. The third-order valence-corrected chi connectivity index (χ3v) is 11.3. The van der Waals surface area contributed by atoms with Gasteiger partial charge < -0.3 is 0 Å². The number of hydrogen-bond acceptors (Lipinski definition) is 4. The van der Waals surface area contributed by atoms with Gasteiger partial charge in [-0.1, -0.05) is 12.8 Å². The third-order valence-electron chi connectivity index (χ3n) is 6.52. The summed E-state index contributed by atoms with van der Waals surface area (Å²) in [7, 11) is -7.56. The second kappa shape index (κ2) is 4.93. The molecule has 5 nitrogen and oxygen atoms in total. The topological polar surface area (TPSA) is 80.3 Å². The first-order valence-electron chi connectivity index (χ1n) is 8.57. The van der Waals surface area contributed by atoms with E-state index in [0.29, 0.717) is 49.9 Å². The van der Waals surface area contributed by atoms with E-state index in [1.54, 1.807) is 0 Å². The highest BCUT2D eigenvalue weighted by atomic mass is 32.3. The first-order chi connectivity index (χ1) is 10.3. The lowest BCUT2D eigenvalue weighted by molar-refractivity contribution is 0.0336. The normalized spacial score (nSPS) is 42.1. The Morgan fingerprint density at radius 3 is 1.68 bits per heavy atom. The molecular formula is C15H25NO4S2. The molecule has 1 N–H and O–H groups in total. The summed E-state index contributed by atoms with van der Waals surface area (Å²) in [6, 6.07) is 0. The van der Waals surface area contributed by atoms with Crippen LogP contribution in [0.2, 0.25) is 0 Å². The summed E-state index contributed by atoms with van der Waals surface area (Å²) in [5.41, 5.74) is 0. The van der Waals surface area contributed by atoms with E-state index in [9.17, 15) is 16.8 Å². The lowest BCUT2D eigenvalue weighted by Gasteiger charge is -2.55. The van der Waals surface area contributed by atoms with Gasteiger partial charge in [0.25, 0.3) is 0 Å². The predicted octanol–water partition coefficient (Wildman–Crippen LogP) is 2.15. The van der Waals surface area contributed by atoms with E-state index < -0.39 is 30.0 Å². The molecule has 0 aromatic rings. The Kier molecular flexibility index (Phi) is 3.45. The maximum Gasteiger partial charge on any atom is 0.230 e. The largest absolute Gasteiger partial charge is 0.230 e. The lowest BCUT2D eigenvalue weighted by Crippen LogP contribution is -2.59. The van der Waals surface area contributed by atoms with Crippen LogP contribution in [0.4, 0.5) is 0 Å². The first-order valence-corrected chi connectivity index (χ1v) is 11.6. The fraction of sp³-hybridized carbons (Fsp3) is 1.00. The van der Waals surface area contributed by atoms with Crippen molar-refractivity contribution in [2.24, 2.45) is 17.8 Å². The zero-order valence-electron chi connectivity index (χ0n) is 12.8. The molecule has 4 bridgehead atoms. The highest BCUT2D eigenvalue weighted by Gasteiger charge is 2.58. The number of hydrogen-bond donors (Lipinski definition) is 1. The van der Waals surface area contributed by atoms with Gasteiger partial charge in [-0.3, -0.25) is 0 Å². The average molecular weight is 348 g/mol. The molecule has 5 saturated carbocycles. The van der Waals surface area contributed by atoms with Crippen LogP contribution >= 0.6 is 0 Å². The van der Waals surface area contributed by atoms with Gasteiger partial charge in [-0.05, 0) is 69.1 Å². The van der Waals surface area contributed by atoms with Crippen LogP contribution in [0.1, 0.15) is 64.2 Å². The maximum absolute atomic E-state index is 13.0. The van der Waals surface area contributed by atoms with Crippen molar-refractivity contribution in [2.75, 3.05) is 0 Å². The van der Waals surface area contributed by atoms with E-state index in [4.69, 9.17) is 0 Å². The lowest BCUT2D eigenvalue weighted by atomic mass is 9.56. The molecule has 0 spiro atoms. The minimum atomic E-state index is -3.81. The molecule has 0 radical (unpaired) electrons. The molecular weight excluding hydrogens is 322 g/mol. The van der Waals surface area contributed by atoms with Crippen LogP contribution in [0.5, 0.6) is 0 Å². The van der Waals surface area contributed by atoms with Gasteiger partial charge in [0.2, 0.25) is 20.0 Å². The molecule has 0 aliphatic heterocycles. The molecule has 22 heavy (non-hydrogen) atoms. The van der Waals surface area contributed by atoms with Gasteiger partial charge in [0.05, 0.1) is 10.00 Å². The molecule has 5 rings (SSSR count). The van der Waals surface area contributed by atoms with Crippen molar-refractivity contribution >= 4 is 20.0 Å². The standard InChI is InChI=1S/C15H25NO4S2/c17-21(18,14-3-1-2-4-14)16-22(19,20)15-8-11-5-12(9-15)7-13(6-11)10-15/h11-14,16H,1-10H2. The molecule has 0 heterocycles. The van der Waals surface area contributed by atoms with Crippen LogP contribution in [-0.4, -0.2) is 26.8 Å². The Balaban J connectivity index is 1.61. The third kappa shape index (κ3) is 2.35. The molecule has 0 saturated heterocycles. The fourth-order valence-electron chi connectivity index (χ4n) is 5.87. The molecule has 0 unspecified atom stereocenters. The van der Waals surface area contributed by atoms with E-state index in [1.807, 2.05) is 0 Å². The van der Waals surface area contributed by atoms with Gasteiger partial charge in [-0.25, -0.2) is 16.8 Å². The van der Waals surface area contributed by atoms with Crippen molar-refractivity contribution in [2.45, 2.75) is 74.2 Å². The van der Waals surface area contributed by atoms with E-state index in [2.05, 4.69) is 4.13 Å². The molecule has 7 heteroatoms. The minimum Gasteiger partial charge on any atom is -0.211 e. The van der Waals surface area contributed by atoms with Crippen molar-refractivity contribution in [3.8, 4) is 0 Å². The van der Waals surface area contributed by atoms with Crippen molar-refractivity contribution < 1.29 is 16.8 Å². The quantitative estimate of drug-likeness (QED) is 0.845. The summed E-state index contributed by atoms with van der Waals surface area (Å²) in [6.07, 6.45) is 8.35. The second-order valence-electron chi connectivity index (χ2n) is 8.14. The molecule has 5 fully saturated rings. The summed E-state index contributed by atoms with van der Waals surface area (Å²) in [6.45, 7) is 0. The van der Waals surface area contributed by atoms with Crippen molar-refractivity contribution in [1.82, 2.24) is 4.13 Å². The second-order valence-corrected chi connectivity index (χ2v) is 12.4. The highest BCUT2D eigenvalue weighted by Crippen LogP contribution is 2.58. The molecule has 0 amide bonds. The molecule has 0 atom stereocenters. The van der Waals surface area contributed by atoms with Crippen molar-refractivity contribution in [3.63, 3.8) is 0 Å². The molecule has 0 aromatic carbocycles. The van der Waals surface area contributed by atoms with Gasteiger partial charge in [0.15, 0.2) is 0 Å². The number of sulfonamides is 2. The summed E-state index contributed by atoms with van der Waals surface area (Å²) in [5, 5.41) is -0.517. The summed E-state index contributed by atoms with van der Waals surface area (Å²) in [5.74, 6) is 1.45. The van der Waals surface area contributed by atoms with E-state index in [0.717, 1.165) is 32.1 Å². The Labute approximate surface area is 133 Å². The van der Waals surface area contributed by atoms with Crippen LogP contribution in [0.25, 0.3) is 0 Å². The predicted molar refractivity (Wildman–Crippen MR) is 84.1 cm³/mol. The SMILES string of the molecule is O=S(=O)(NS(=O)(=O)C12CC3CC(CC(C3)C1)C2)C1CCCC1. The zero-order chi connectivity index (χ0) is 15.6. The van der Waals surface area contributed by atoms with Crippen LogP contribution in [-0.2, 0) is 20.0 Å². The van der Waals surface area contributed by atoms with Gasteiger partial charge in [-0.15, -0.1) is 4.13 Å². The maximum atomic E-state index is 13.0. The summed E-state index contributed by atoms with van der Waals surface area (Å²) >= 11 is 0. The van der Waals surface area contributed by atoms with Gasteiger partial charge >= 0.3 is 0 Å². The van der Waals surface area contributed by atoms with E-state index >= 15 is 0 Å². The Hall–Kier alpha value is -0.140. The molecule has 0 aromatic heterocycles. The monoisotopic (exact) mass is 347 g/mol. The first kappa shape index (κ1) is 15.4. The summed E-state index contributed by atoms with van der Waals surface area (Å²) in [4.78, 5) is 0. The Bertz CT molecular complexity index is 626. The molecule has 5 aliphatic rings. The Morgan fingerprint density at radius 2 is 1.23 bits per heavy atom. The van der Waals surface area contributed by atoms with Gasteiger partial charge in [-0.2, -0.15) is 0 Å². The van der Waals surface area contributed by atoms with Crippen LogP contribution in [0, 0.1) is 17.8 Å². The highest BCUT2D eigenvalue weighted by molar-refractivity contribution is 8.05. The Morgan fingerprint density at radius 1 is 0.773 bits per heavy atom. The van der Waals surface area contributed by atoms with E-state index in [-0.39, 0.29) is 0 Å². The van der Waals surface area contributed by atoms with Gasteiger partial charge in [0.1, 0.15) is 0 Å². The fourth-order valence-corrected chi connectivity index (χ4v) is 10.7. The van der Waals surface area contributed by atoms with Crippen LogP contribution < -0.4 is 4.13 Å².